The molecule has 24 heavy (non-hydrogen) atoms. The van der Waals surface area contributed by atoms with E-state index in [9.17, 15) is 9.59 Å². The Morgan fingerprint density at radius 3 is 2.54 bits per heavy atom. The average molecular weight is 325 g/mol. The molecule has 1 saturated heterocycles. The maximum atomic E-state index is 12.5. The van der Waals surface area contributed by atoms with E-state index in [1.54, 1.807) is 42.7 Å². The van der Waals surface area contributed by atoms with Crippen LogP contribution < -0.4 is 16.0 Å². The molecule has 1 unspecified atom stereocenters. The third-order valence-corrected chi connectivity index (χ3v) is 4.06. The number of hydrogen-bond acceptors (Lipinski definition) is 5. The van der Waals surface area contributed by atoms with E-state index < -0.39 is 5.91 Å². The first kappa shape index (κ1) is 15.9. The maximum absolute atomic E-state index is 12.5. The van der Waals surface area contributed by atoms with Crippen LogP contribution in [0, 0.1) is 5.92 Å². The van der Waals surface area contributed by atoms with Crippen molar-refractivity contribution in [2.24, 2.45) is 11.7 Å². The van der Waals surface area contributed by atoms with Crippen molar-refractivity contribution < 1.29 is 9.59 Å². The van der Waals surface area contributed by atoms with Gasteiger partial charge in [0.05, 0.1) is 5.92 Å². The Bertz CT molecular complexity index is 718. The molecule has 2 heterocycles. The van der Waals surface area contributed by atoms with E-state index in [1.807, 2.05) is 4.90 Å². The number of amides is 2. The topological polar surface area (TPSA) is 101 Å². The largest absolute Gasteiger partial charge is 0.366 e. The molecule has 124 valence electrons. The first-order valence-electron chi connectivity index (χ1n) is 7.86. The summed E-state index contributed by atoms with van der Waals surface area (Å²) in [5.74, 6) is 0.000278. The second-order valence-electron chi connectivity index (χ2n) is 5.76. The van der Waals surface area contributed by atoms with Gasteiger partial charge in [-0.05, 0) is 43.2 Å². The molecule has 1 aromatic heterocycles. The Hall–Kier alpha value is -2.96. The zero-order chi connectivity index (χ0) is 16.9. The highest BCUT2D eigenvalue weighted by atomic mass is 16.2. The fraction of sp³-hybridized carbons (Fsp3) is 0.294. The summed E-state index contributed by atoms with van der Waals surface area (Å²) in [5, 5.41) is 2.89. The number of benzene rings is 1. The summed E-state index contributed by atoms with van der Waals surface area (Å²) >= 11 is 0. The molecule has 1 atom stereocenters. The quantitative estimate of drug-likeness (QED) is 0.885. The average Bonchev–Trinajstić information content (AvgIpc) is 2.63. The van der Waals surface area contributed by atoms with Crippen LogP contribution in [0.2, 0.25) is 0 Å². The Balaban J connectivity index is 1.63. The summed E-state index contributed by atoms with van der Waals surface area (Å²) in [6.45, 7) is 1.44. The van der Waals surface area contributed by atoms with Gasteiger partial charge < -0.3 is 16.0 Å². The van der Waals surface area contributed by atoms with Crippen molar-refractivity contribution in [2.45, 2.75) is 12.8 Å². The molecule has 2 aromatic rings. The molecule has 7 nitrogen and oxygen atoms in total. The van der Waals surface area contributed by atoms with Crippen LogP contribution in [0.3, 0.4) is 0 Å². The molecular weight excluding hydrogens is 306 g/mol. The second kappa shape index (κ2) is 7.08. The highest BCUT2D eigenvalue weighted by molar-refractivity contribution is 5.95. The standard InChI is InChI=1S/C17H19N5O2/c18-15(23)12-4-6-14(7-5-12)21-16(24)13-3-1-10-22(11-13)17-19-8-2-9-20-17/h2,4-9,13H,1,3,10-11H2,(H2,18,23)(H,21,24). The lowest BCUT2D eigenvalue weighted by Gasteiger charge is -2.31. The number of nitrogens with two attached hydrogens (primary N) is 1. The normalized spacial score (nSPS) is 17.3. The minimum atomic E-state index is -0.487. The number of nitrogens with one attached hydrogen (secondary N) is 1. The van der Waals surface area contributed by atoms with Gasteiger partial charge in [0.2, 0.25) is 17.8 Å². The van der Waals surface area contributed by atoms with Crippen LogP contribution in [0.15, 0.2) is 42.7 Å². The highest BCUT2D eigenvalue weighted by Crippen LogP contribution is 2.21. The Kier molecular flexibility index (Phi) is 4.69. The van der Waals surface area contributed by atoms with E-state index in [-0.39, 0.29) is 11.8 Å². The Morgan fingerprint density at radius 1 is 1.17 bits per heavy atom. The molecule has 1 fully saturated rings. The summed E-state index contributed by atoms with van der Waals surface area (Å²) in [4.78, 5) is 34.1. The van der Waals surface area contributed by atoms with Gasteiger partial charge >= 0.3 is 0 Å². The summed E-state index contributed by atoms with van der Waals surface area (Å²) in [6, 6.07) is 8.33. The number of piperidine rings is 1. The number of rotatable bonds is 4. The van der Waals surface area contributed by atoms with Crippen molar-refractivity contribution in [3.8, 4) is 0 Å². The minimum Gasteiger partial charge on any atom is -0.366 e. The predicted octanol–water partition coefficient (Wildman–Crippen LogP) is 1.43. The van der Waals surface area contributed by atoms with E-state index in [2.05, 4.69) is 15.3 Å². The fourth-order valence-corrected chi connectivity index (χ4v) is 2.79. The number of anilines is 2. The van der Waals surface area contributed by atoms with E-state index in [0.717, 1.165) is 19.4 Å². The Labute approximate surface area is 139 Å². The van der Waals surface area contributed by atoms with Crippen LogP contribution in [0.4, 0.5) is 11.6 Å². The Morgan fingerprint density at radius 2 is 1.88 bits per heavy atom. The van der Waals surface area contributed by atoms with Gasteiger partial charge in [0.15, 0.2) is 0 Å². The van der Waals surface area contributed by atoms with Crippen molar-refractivity contribution >= 4 is 23.5 Å². The zero-order valence-corrected chi connectivity index (χ0v) is 13.2. The number of carbonyl (C=O) groups excluding carboxylic acids is 2. The van der Waals surface area contributed by atoms with E-state index in [1.165, 1.54) is 0 Å². The molecule has 1 aromatic carbocycles. The van der Waals surface area contributed by atoms with Crippen LogP contribution in [-0.2, 0) is 4.79 Å². The lowest BCUT2D eigenvalue weighted by atomic mass is 9.97. The molecule has 0 radical (unpaired) electrons. The zero-order valence-electron chi connectivity index (χ0n) is 13.2. The lowest BCUT2D eigenvalue weighted by molar-refractivity contribution is -0.120. The van der Waals surface area contributed by atoms with Crippen molar-refractivity contribution in [2.75, 3.05) is 23.3 Å². The lowest BCUT2D eigenvalue weighted by Crippen LogP contribution is -2.41. The number of carbonyl (C=O) groups is 2. The molecule has 0 saturated carbocycles. The van der Waals surface area contributed by atoms with Gasteiger partial charge in [-0.3, -0.25) is 9.59 Å². The van der Waals surface area contributed by atoms with Gasteiger partial charge in [-0.1, -0.05) is 0 Å². The van der Waals surface area contributed by atoms with Crippen molar-refractivity contribution in [3.05, 3.63) is 48.3 Å². The van der Waals surface area contributed by atoms with Gasteiger partial charge in [-0.15, -0.1) is 0 Å². The summed E-state index contributed by atoms with van der Waals surface area (Å²) < 4.78 is 0. The third kappa shape index (κ3) is 3.68. The molecule has 1 aliphatic heterocycles. The van der Waals surface area contributed by atoms with Crippen molar-refractivity contribution in [1.82, 2.24) is 9.97 Å². The number of aromatic nitrogens is 2. The molecular formula is C17H19N5O2. The molecule has 3 N–H and O–H groups in total. The molecule has 7 heteroatoms. The number of hydrogen-bond donors (Lipinski definition) is 2. The van der Waals surface area contributed by atoms with Crippen LogP contribution in [0.5, 0.6) is 0 Å². The highest BCUT2D eigenvalue weighted by Gasteiger charge is 2.27. The van der Waals surface area contributed by atoms with E-state index in [4.69, 9.17) is 5.73 Å². The van der Waals surface area contributed by atoms with Gasteiger partial charge in [-0.2, -0.15) is 0 Å². The number of primary amides is 1. The summed E-state index contributed by atoms with van der Waals surface area (Å²) in [6.07, 6.45) is 5.14. The molecule has 0 spiro atoms. The van der Waals surface area contributed by atoms with Crippen LogP contribution >= 0.6 is 0 Å². The van der Waals surface area contributed by atoms with Gasteiger partial charge in [0.1, 0.15) is 0 Å². The van der Waals surface area contributed by atoms with Crippen LogP contribution in [0.25, 0.3) is 0 Å². The smallest absolute Gasteiger partial charge is 0.248 e. The van der Waals surface area contributed by atoms with Crippen LogP contribution in [0.1, 0.15) is 23.2 Å². The van der Waals surface area contributed by atoms with E-state index in [0.29, 0.717) is 23.7 Å². The predicted molar refractivity (Wildman–Crippen MR) is 90.6 cm³/mol. The summed E-state index contributed by atoms with van der Waals surface area (Å²) in [5.41, 5.74) is 6.27. The second-order valence-corrected chi connectivity index (χ2v) is 5.76. The SMILES string of the molecule is NC(=O)c1ccc(NC(=O)C2CCCN(c3ncccn3)C2)cc1. The maximum Gasteiger partial charge on any atom is 0.248 e. The monoisotopic (exact) mass is 325 g/mol. The molecule has 2 amide bonds. The van der Waals surface area contributed by atoms with E-state index >= 15 is 0 Å². The minimum absolute atomic E-state index is 0.0394. The third-order valence-electron chi connectivity index (χ3n) is 4.06. The van der Waals surface area contributed by atoms with Gasteiger partial charge in [-0.25, -0.2) is 9.97 Å². The molecule has 0 bridgehead atoms. The summed E-state index contributed by atoms with van der Waals surface area (Å²) in [7, 11) is 0. The molecule has 0 aliphatic carbocycles. The molecule has 3 rings (SSSR count). The van der Waals surface area contributed by atoms with Gasteiger partial charge in [0, 0.05) is 36.7 Å². The van der Waals surface area contributed by atoms with Crippen LogP contribution in [-0.4, -0.2) is 34.9 Å². The first-order valence-corrected chi connectivity index (χ1v) is 7.86. The van der Waals surface area contributed by atoms with Crippen molar-refractivity contribution in [3.63, 3.8) is 0 Å². The van der Waals surface area contributed by atoms with Gasteiger partial charge in [0.25, 0.3) is 0 Å². The number of nitrogens with zero attached hydrogens (tertiary/aromatic N) is 3. The first-order chi connectivity index (χ1) is 11.6. The fourth-order valence-electron chi connectivity index (χ4n) is 2.79. The van der Waals surface area contributed by atoms with Crippen molar-refractivity contribution in [1.29, 1.82) is 0 Å². The molecule has 1 aliphatic rings.